The van der Waals surface area contributed by atoms with E-state index < -0.39 is 0 Å². The van der Waals surface area contributed by atoms with E-state index in [9.17, 15) is 9.59 Å². The normalized spacial score (nSPS) is 10.6. The molecule has 0 atom stereocenters. The molecule has 0 N–H and O–H groups in total. The fourth-order valence-corrected chi connectivity index (χ4v) is 1.88. The lowest BCUT2D eigenvalue weighted by atomic mass is 10.1. The molecular formula is C14H16N2O2. The van der Waals surface area contributed by atoms with E-state index in [0.29, 0.717) is 12.1 Å². The largest absolute Gasteiger partial charge is 0.328 e. The predicted molar refractivity (Wildman–Crippen MR) is 69.9 cm³/mol. The van der Waals surface area contributed by atoms with E-state index >= 15 is 0 Å². The first-order valence-electron chi connectivity index (χ1n) is 5.97. The van der Waals surface area contributed by atoms with Crippen molar-refractivity contribution in [2.24, 2.45) is 0 Å². The van der Waals surface area contributed by atoms with Gasteiger partial charge in [0.1, 0.15) is 0 Å². The Bertz CT molecular complexity index is 623. The first-order chi connectivity index (χ1) is 8.61. The van der Waals surface area contributed by atoms with Crippen LogP contribution in [0.3, 0.4) is 0 Å². The van der Waals surface area contributed by atoms with Gasteiger partial charge in [0.2, 0.25) is 0 Å². The first-order valence-corrected chi connectivity index (χ1v) is 5.97. The summed E-state index contributed by atoms with van der Waals surface area (Å²) in [5.41, 5.74) is 1.55. The molecule has 1 aromatic carbocycles. The standard InChI is InChI=1S/C14H16N2O2/c1-3-15-7-8-16(14(15)18)10-13(17)12-6-4-5-11(2)9-12/h4-9H,3,10H2,1-2H3. The van der Waals surface area contributed by atoms with Crippen molar-refractivity contribution in [1.29, 1.82) is 0 Å². The maximum atomic E-state index is 12.0. The van der Waals surface area contributed by atoms with Crippen molar-refractivity contribution >= 4 is 5.78 Å². The predicted octanol–water partition coefficient (Wildman–Crippen LogP) is 1.86. The molecule has 0 saturated heterocycles. The van der Waals surface area contributed by atoms with E-state index in [1.54, 1.807) is 23.0 Å². The van der Waals surface area contributed by atoms with Gasteiger partial charge >= 0.3 is 5.69 Å². The van der Waals surface area contributed by atoms with Crippen LogP contribution in [0.4, 0.5) is 0 Å². The van der Waals surface area contributed by atoms with Crippen LogP contribution in [0, 0.1) is 6.92 Å². The highest BCUT2D eigenvalue weighted by Gasteiger charge is 2.09. The summed E-state index contributed by atoms with van der Waals surface area (Å²) in [5.74, 6) is -0.0466. The molecule has 94 valence electrons. The molecule has 2 rings (SSSR count). The quantitative estimate of drug-likeness (QED) is 0.770. The lowest BCUT2D eigenvalue weighted by Gasteiger charge is -2.02. The van der Waals surface area contributed by atoms with Crippen LogP contribution in [0.5, 0.6) is 0 Å². The molecule has 1 heterocycles. The van der Waals surface area contributed by atoms with E-state index in [0.717, 1.165) is 5.56 Å². The van der Waals surface area contributed by atoms with E-state index in [4.69, 9.17) is 0 Å². The van der Waals surface area contributed by atoms with Gasteiger partial charge < -0.3 is 0 Å². The van der Waals surface area contributed by atoms with Crippen LogP contribution in [0.15, 0.2) is 41.5 Å². The summed E-state index contributed by atoms with van der Waals surface area (Å²) in [5, 5.41) is 0. The maximum absolute atomic E-state index is 12.0. The average molecular weight is 244 g/mol. The molecule has 2 aromatic rings. The third-order valence-corrected chi connectivity index (χ3v) is 2.91. The minimum absolute atomic E-state index is 0.0466. The average Bonchev–Trinajstić information content (AvgIpc) is 2.70. The van der Waals surface area contributed by atoms with Gasteiger partial charge in [-0.15, -0.1) is 0 Å². The van der Waals surface area contributed by atoms with Gasteiger partial charge in [0.05, 0.1) is 6.54 Å². The van der Waals surface area contributed by atoms with E-state index in [2.05, 4.69) is 0 Å². The zero-order valence-corrected chi connectivity index (χ0v) is 10.6. The van der Waals surface area contributed by atoms with Crippen molar-refractivity contribution in [3.8, 4) is 0 Å². The van der Waals surface area contributed by atoms with Gasteiger partial charge in [0.15, 0.2) is 5.78 Å². The van der Waals surface area contributed by atoms with Gasteiger partial charge in [-0.1, -0.05) is 23.8 Å². The van der Waals surface area contributed by atoms with Gasteiger partial charge in [0, 0.05) is 24.5 Å². The zero-order chi connectivity index (χ0) is 13.1. The first kappa shape index (κ1) is 12.4. The number of imidazole rings is 1. The molecule has 0 amide bonds. The molecule has 1 aromatic heterocycles. The van der Waals surface area contributed by atoms with E-state index in [1.807, 2.05) is 32.0 Å². The van der Waals surface area contributed by atoms with Gasteiger partial charge in [-0.2, -0.15) is 0 Å². The van der Waals surface area contributed by atoms with Crippen molar-refractivity contribution in [2.75, 3.05) is 0 Å². The van der Waals surface area contributed by atoms with E-state index in [1.165, 1.54) is 4.57 Å². The number of rotatable bonds is 4. The second-order valence-corrected chi connectivity index (χ2v) is 4.29. The Morgan fingerprint density at radius 2 is 1.94 bits per heavy atom. The number of benzene rings is 1. The topological polar surface area (TPSA) is 44.0 Å². The Hall–Kier alpha value is -2.10. The molecule has 0 spiro atoms. The molecule has 18 heavy (non-hydrogen) atoms. The molecule has 0 saturated carbocycles. The van der Waals surface area contributed by atoms with Crippen LogP contribution in [-0.2, 0) is 13.1 Å². The minimum atomic E-state index is -0.140. The summed E-state index contributed by atoms with van der Waals surface area (Å²) in [6.45, 7) is 4.55. The highest BCUT2D eigenvalue weighted by Crippen LogP contribution is 2.05. The summed E-state index contributed by atoms with van der Waals surface area (Å²) < 4.78 is 3.01. The number of ketones is 1. The molecular weight excluding hydrogens is 228 g/mol. The number of hydrogen-bond acceptors (Lipinski definition) is 2. The lowest BCUT2D eigenvalue weighted by Crippen LogP contribution is -2.26. The SMILES string of the molecule is CCn1ccn(CC(=O)c2cccc(C)c2)c1=O. The lowest BCUT2D eigenvalue weighted by molar-refractivity contribution is 0.0970. The monoisotopic (exact) mass is 244 g/mol. The Labute approximate surface area is 105 Å². The summed E-state index contributed by atoms with van der Waals surface area (Å²) in [7, 11) is 0. The smallest absolute Gasteiger partial charge is 0.300 e. The van der Waals surface area contributed by atoms with Gasteiger partial charge in [0.25, 0.3) is 0 Å². The van der Waals surface area contributed by atoms with Crippen LogP contribution in [-0.4, -0.2) is 14.9 Å². The fourth-order valence-electron chi connectivity index (χ4n) is 1.88. The molecule has 0 radical (unpaired) electrons. The Kier molecular flexibility index (Phi) is 3.46. The van der Waals surface area contributed by atoms with Crippen LogP contribution >= 0.6 is 0 Å². The summed E-state index contributed by atoms with van der Waals surface area (Å²) in [4.78, 5) is 23.9. The third-order valence-electron chi connectivity index (χ3n) is 2.91. The number of aryl methyl sites for hydroxylation is 2. The number of nitrogens with zero attached hydrogens (tertiary/aromatic N) is 2. The summed E-state index contributed by atoms with van der Waals surface area (Å²) in [6, 6.07) is 7.40. The third kappa shape index (κ3) is 2.42. The van der Waals surface area contributed by atoms with Crippen molar-refractivity contribution < 1.29 is 4.79 Å². The van der Waals surface area contributed by atoms with Crippen molar-refractivity contribution in [2.45, 2.75) is 26.9 Å². The minimum Gasteiger partial charge on any atom is -0.300 e. The Morgan fingerprint density at radius 1 is 1.22 bits per heavy atom. The number of hydrogen-bond donors (Lipinski definition) is 0. The highest BCUT2D eigenvalue weighted by atomic mass is 16.2. The van der Waals surface area contributed by atoms with Crippen molar-refractivity contribution in [1.82, 2.24) is 9.13 Å². The zero-order valence-electron chi connectivity index (χ0n) is 10.6. The maximum Gasteiger partial charge on any atom is 0.328 e. The molecule has 0 aliphatic heterocycles. The Morgan fingerprint density at radius 3 is 2.56 bits per heavy atom. The van der Waals surface area contributed by atoms with Crippen LogP contribution in [0.2, 0.25) is 0 Å². The summed E-state index contributed by atoms with van der Waals surface area (Å²) in [6.07, 6.45) is 3.35. The molecule has 0 fully saturated rings. The van der Waals surface area contributed by atoms with Crippen LogP contribution in [0.1, 0.15) is 22.8 Å². The second kappa shape index (κ2) is 5.04. The second-order valence-electron chi connectivity index (χ2n) is 4.29. The molecule has 0 aliphatic rings. The van der Waals surface area contributed by atoms with E-state index in [-0.39, 0.29) is 18.0 Å². The molecule has 0 aliphatic carbocycles. The molecule has 0 unspecified atom stereocenters. The number of carbonyl (C=O) groups is 1. The highest BCUT2D eigenvalue weighted by molar-refractivity contribution is 5.96. The van der Waals surface area contributed by atoms with Crippen molar-refractivity contribution in [3.63, 3.8) is 0 Å². The van der Waals surface area contributed by atoms with Crippen molar-refractivity contribution in [3.05, 3.63) is 58.3 Å². The van der Waals surface area contributed by atoms with Gasteiger partial charge in [-0.05, 0) is 19.9 Å². The number of Topliss-reactive ketones (excluding diaryl/α,β-unsaturated/α-hetero) is 1. The fraction of sp³-hybridized carbons (Fsp3) is 0.286. The summed E-state index contributed by atoms with van der Waals surface area (Å²) >= 11 is 0. The van der Waals surface area contributed by atoms with Gasteiger partial charge in [-0.3, -0.25) is 13.9 Å². The number of aromatic nitrogens is 2. The molecule has 0 bridgehead atoms. The molecule has 4 nitrogen and oxygen atoms in total. The van der Waals surface area contributed by atoms with Crippen LogP contribution in [0.25, 0.3) is 0 Å². The van der Waals surface area contributed by atoms with Crippen LogP contribution < -0.4 is 5.69 Å². The van der Waals surface area contributed by atoms with Gasteiger partial charge in [-0.25, -0.2) is 4.79 Å². The number of carbonyl (C=O) groups excluding carboxylic acids is 1. The Balaban J connectivity index is 2.21. The molecule has 4 heteroatoms.